The number of aromatic nitrogens is 2. The molecule has 2 atom stereocenters. The van der Waals surface area contributed by atoms with E-state index >= 15 is 0 Å². The average Bonchev–Trinajstić information content (AvgIpc) is 3.25. The van der Waals surface area contributed by atoms with E-state index < -0.39 is 11.5 Å². The Morgan fingerprint density at radius 1 is 1.07 bits per heavy atom. The first-order valence-corrected chi connectivity index (χ1v) is 10.3. The fourth-order valence-corrected chi connectivity index (χ4v) is 4.49. The summed E-state index contributed by atoms with van der Waals surface area (Å²) < 4.78 is 0. The molecule has 28 heavy (non-hydrogen) atoms. The summed E-state index contributed by atoms with van der Waals surface area (Å²) in [7, 11) is 0. The van der Waals surface area contributed by atoms with Crippen LogP contribution in [-0.4, -0.2) is 59.1 Å². The van der Waals surface area contributed by atoms with Gasteiger partial charge in [0, 0.05) is 43.4 Å². The Balaban J connectivity index is 1.60. The van der Waals surface area contributed by atoms with E-state index in [4.69, 9.17) is 4.98 Å². The molecule has 3 heterocycles. The topological polar surface area (TPSA) is 72.7 Å². The molecule has 0 amide bonds. The van der Waals surface area contributed by atoms with Crippen LogP contribution in [0.15, 0.2) is 36.4 Å². The summed E-state index contributed by atoms with van der Waals surface area (Å²) in [5.74, 6) is 1.70. The van der Waals surface area contributed by atoms with Gasteiger partial charge in [0.2, 0.25) is 5.95 Å². The lowest BCUT2D eigenvalue weighted by Crippen LogP contribution is -2.55. The number of anilines is 2. The van der Waals surface area contributed by atoms with Crippen LogP contribution >= 0.6 is 0 Å². The Morgan fingerprint density at radius 2 is 1.82 bits per heavy atom. The minimum atomic E-state index is -0.591. The van der Waals surface area contributed by atoms with Crippen LogP contribution in [0.3, 0.4) is 0 Å². The number of nitrogens with zero attached hydrogens (tertiary/aromatic N) is 4. The smallest absolute Gasteiger partial charge is 0.227 e. The van der Waals surface area contributed by atoms with Gasteiger partial charge in [-0.05, 0) is 38.2 Å². The minimum absolute atomic E-state index is 0.0530. The SMILES string of the molecule is Cc1cc(N2CC[C@H](O)[C@](CO)(Cc3ccccc3)C2)nc(N2CCCC2)n1. The number of rotatable bonds is 5. The van der Waals surface area contributed by atoms with Gasteiger partial charge >= 0.3 is 0 Å². The highest BCUT2D eigenvalue weighted by atomic mass is 16.3. The third-order valence-corrected chi connectivity index (χ3v) is 6.14. The van der Waals surface area contributed by atoms with Crippen molar-refractivity contribution in [1.29, 1.82) is 0 Å². The van der Waals surface area contributed by atoms with Crippen LogP contribution in [-0.2, 0) is 6.42 Å². The zero-order valence-electron chi connectivity index (χ0n) is 16.6. The summed E-state index contributed by atoms with van der Waals surface area (Å²) in [5.41, 5.74) is 1.50. The third kappa shape index (κ3) is 3.84. The molecule has 0 spiro atoms. The van der Waals surface area contributed by atoms with E-state index in [0.717, 1.165) is 42.7 Å². The summed E-state index contributed by atoms with van der Waals surface area (Å²) in [6.45, 7) is 5.28. The molecule has 0 unspecified atom stereocenters. The first-order chi connectivity index (χ1) is 13.6. The molecule has 4 rings (SSSR count). The zero-order valence-corrected chi connectivity index (χ0v) is 16.6. The van der Waals surface area contributed by atoms with Crippen LogP contribution in [0.2, 0.25) is 0 Å². The fraction of sp³-hybridized carbons (Fsp3) is 0.545. The van der Waals surface area contributed by atoms with Gasteiger partial charge in [-0.1, -0.05) is 30.3 Å². The predicted octanol–water partition coefficient (Wildman–Crippen LogP) is 2.18. The molecule has 2 fully saturated rings. The second kappa shape index (κ2) is 8.05. The Labute approximate surface area is 166 Å². The van der Waals surface area contributed by atoms with E-state index in [1.54, 1.807) is 0 Å². The van der Waals surface area contributed by atoms with E-state index in [2.05, 4.69) is 26.9 Å². The van der Waals surface area contributed by atoms with Crippen LogP contribution in [0.5, 0.6) is 0 Å². The van der Waals surface area contributed by atoms with Crippen molar-refractivity contribution in [1.82, 2.24) is 9.97 Å². The summed E-state index contributed by atoms with van der Waals surface area (Å²) in [5, 5.41) is 21.1. The van der Waals surface area contributed by atoms with Gasteiger partial charge in [-0.25, -0.2) is 4.98 Å². The van der Waals surface area contributed by atoms with Gasteiger partial charge in [0.15, 0.2) is 0 Å². The summed E-state index contributed by atoms with van der Waals surface area (Å²) in [6, 6.07) is 12.1. The van der Waals surface area contributed by atoms with Crippen molar-refractivity contribution in [2.24, 2.45) is 5.41 Å². The number of aryl methyl sites for hydroxylation is 1. The number of hydrogen-bond acceptors (Lipinski definition) is 6. The highest BCUT2D eigenvalue weighted by molar-refractivity contribution is 5.47. The Hall–Kier alpha value is -2.18. The van der Waals surface area contributed by atoms with Crippen molar-refractivity contribution >= 4 is 11.8 Å². The van der Waals surface area contributed by atoms with Crippen molar-refractivity contribution < 1.29 is 10.2 Å². The molecule has 1 aromatic carbocycles. The van der Waals surface area contributed by atoms with Gasteiger partial charge in [-0.2, -0.15) is 4.98 Å². The molecule has 0 saturated carbocycles. The molecule has 0 radical (unpaired) electrons. The molecule has 1 aromatic heterocycles. The van der Waals surface area contributed by atoms with Crippen molar-refractivity contribution in [3.8, 4) is 0 Å². The largest absolute Gasteiger partial charge is 0.396 e. The summed E-state index contributed by atoms with van der Waals surface area (Å²) in [4.78, 5) is 13.9. The van der Waals surface area contributed by atoms with Gasteiger partial charge in [-0.15, -0.1) is 0 Å². The van der Waals surface area contributed by atoms with Crippen LogP contribution in [0.1, 0.15) is 30.5 Å². The minimum Gasteiger partial charge on any atom is -0.396 e. The maximum Gasteiger partial charge on any atom is 0.227 e. The zero-order chi connectivity index (χ0) is 19.6. The average molecular weight is 383 g/mol. The lowest BCUT2D eigenvalue weighted by atomic mass is 9.73. The number of hydrogen-bond donors (Lipinski definition) is 2. The lowest BCUT2D eigenvalue weighted by Gasteiger charge is -2.46. The number of aliphatic hydroxyl groups is 2. The van der Waals surface area contributed by atoms with Crippen LogP contribution < -0.4 is 9.80 Å². The van der Waals surface area contributed by atoms with Crippen molar-refractivity contribution in [2.45, 2.75) is 38.7 Å². The molecule has 2 aliphatic heterocycles. The molecule has 6 heteroatoms. The van der Waals surface area contributed by atoms with E-state index in [1.807, 2.05) is 31.2 Å². The standard InChI is InChI=1S/C22H30N4O2/c1-17-13-20(24-21(23-17)25-10-5-6-11-25)26-12-9-19(28)22(15-26,16-27)14-18-7-3-2-4-8-18/h2-4,7-8,13,19,27-28H,5-6,9-12,14-16H2,1H3/t19-,22+/m0/s1. The summed E-state index contributed by atoms with van der Waals surface area (Å²) in [6.07, 6.45) is 3.11. The van der Waals surface area contributed by atoms with Gasteiger partial charge < -0.3 is 20.0 Å². The molecule has 0 bridgehead atoms. The molecule has 2 aromatic rings. The molecular weight excluding hydrogens is 352 g/mol. The first kappa shape index (κ1) is 19.2. The second-order valence-electron chi connectivity index (χ2n) is 8.27. The van der Waals surface area contributed by atoms with Crippen LogP contribution in [0, 0.1) is 12.3 Å². The van der Waals surface area contributed by atoms with Gasteiger partial charge in [0.05, 0.1) is 12.7 Å². The Bertz CT molecular complexity index is 794. The number of aliphatic hydroxyl groups excluding tert-OH is 2. The van der Waals surface area contributed by atoms with E-state index in [-0.39, 0.29) is 6.61 Å². The first-order valence-electron chi connectivity index (χ1n) is 10.3. The molecule has 0 aliphatic carbocycles. The fourth-order valence-electron chi connectivity index (χ4n) is 4.49. The predicted molar refractivity (Wildman–Crippen MR) is 111 cm³/mol. The monoisotopic (exact) mass is 382 g/mol. The van der Waals surface area contributed by atoms with Crippen LogP contribution in [0.25, 0.3) is 0 Å². The normalized spacial score (nSPS) is 25.3. The highest BCUT2D eigenvalue weighted by Crippen LogP contribution is 2.36. The molecule has 6 nitrogen and oxygen atoms in total. The molecule has 2 aliphatic rings. The highest BCUT2D eigenvalue weighted by Gasteiger charge is 2.43. The molecule has 150 valence electrons. The van der Waals surface area contributed by atoms with E-state index in [0.29, 0.717) is 19.4 Å². The Morgan fingerprint density at radius 3 is 2.54 bits per heavy atom. The molecule has 2 saturated heterocycles. The molecule has 2 N–H and O–H groups in total. The molecular formula is C22H30N4O2. The van der Waals surface area contributed by atoms with E-state index in [1.165, 1.54) is 12.8 Å². The quantitative estimate of drug-likeness (QED) is 0.826. The van der Waals surface area contributed by atoms with Gasteiger partial charge in [0.25, 0.3) is 0 Å². The van der Waals surface area contributed by atoms with Crippen LogP contribution in [0.4, 0.5) is 11.8 Å². The Kier molecular flexibility index (Phi) is 5.51. The van der Waals surface area contributed by atoms with E-state index in [9.17, 15) is 10.2 Å². The van der Waals surface area contributed by atoms with Crippen molar-refractivity contribution in [2.75, 3.05) is 42.6 Å². The van der Waals surface area contributed by atoms with Gasteiger partial charge in [0.1, 0.15) is 5.82 Å². The van der Waals surface area contributed by atoms with Gasteiger partial charge in [-0.3, -0.25) is 0 Å². The lowest BCUT2D eigenvalue weighted by molar-refractivity contribution is -0.0292. The maximum atomic E-state index is 10.8. The number of benzene rings is 1. The third-order valence-electron chi connectivity index (χ3n) is 6.14. The summed E-state index contributed by atoms with van der Waals surface area (Å²) >= 11 is 0. The van der Waals surface area contributed by atoms with Crippen molar-refractivity contribution in [3.05, 3.63) is 47.7 Å². The van der Waals surface area contributed by atoms with Crippen molar-refractivity contribution in [3.63, 3.8) is 0 Å². The number of piperidine rings is 1. The second-order valence-corrected chi connectivity index (χ2v) is 8.27. The maximum absolute atomic E-state index is 10.8.